The Morgan fingerprint density at radius 3 is 2.46 bits per heavy atom. The smallest absolute Gasteiger partial charge is 0.325 e. The molecule has 190 valence electrons. The van der Waals surface area contributed by atoms with Gasteiger partial charge in [-0.25, -0.2) is 4.79 Å². The van der Waals surface area contributed by atoms with E-state index in [2.05, 4.69) is 42.3 Å². The number of anilines is 2. The average molecular weight is 497 g/mol. The largest absolute Gasteiger partial charge is 0.467 e. The highest BCUT2D eigenvalue weighted by molar-refractivity contribution is 5.97. The van der Waals surface area contributed by atoms with E-state index < -0.39 is 5.72 Å². The first kappa shape index (κ1) is 23.4. The average Bonchev–Trinajstić information content (AvgIpc) is 2.90. The number of benzene rings is 3. The van der Waals surface area contributed by atoms with Gasteiger partial charge in [-0.2, -0.15) is 0 Å². The van der Waals surface area contributed by atoms with Gasteiger partial charge in [0.05, 0.1) is 6.04 Å². The molecule has 37 heavy (non-hydrogen) atoms. The minimum atomic E-state index is -0.808. The summed E-state index contributed by atoms with van der Waals surface area (Å²) in [4.78, 5) is 32.4. The summed E-state index contributed by atoms with van der Waals surface area (Å²) >= 11 is 0. The molecule has 3 aromatic carbocycles. The fourth-order valence-electron chi connectivity index (χ4n) is 5.86. The van der Waals surface area contributed by atoms with Crippen molar-refractivity contribution in [2.75, 3.05) is 36.0 Å². The molecule has 7 heteroatoms. The lowest BCUT2D eigenvalue weighted by atomic mass is 9.90. The Bertz CT molecular complexity index is 1360. The van der Waals surface area contributed by atoms with Crippen molar-refractivity contribution < 1.29 is 14.3 Å². The molecule has 2 fully saturated rings. The van der Waals surface area contributed by atoms with Crippen molar-refractivity contribution in [3.63, 3.8) is 0 Å². The van der Waals surface area contributed by atoms with Gasteiger partial charge in [0.25, 0.3) is 5.91 Å². The standard InChI is InChI=1S/C30H32N4O3/c1-20-8-9-21(2)26(18-20)32-14-16-33(17-15-32)28(35)22-10-12-23(13-11-22)34-29(36)31-25-19-30(34,3)37-27-7-5-4-6-24(25)27/h4-13,18,25H,14-17,19H2,1-3H3,(H,31,36)/t25-,30+/m0/s1. The Morgan fingerprint density at radius 2 is 1.70 bits per heavy atom. The van der Waals surface area contributed by atoms with Crippen LogP contribution >= 0.6 is 0 Å². The highest BCUT2D eigenvalue weighted by atomic mass is 16.5. The fraction of sp³-hybridized carbons (Fsp3) is 0.333. The minimum Gasteiger partial charge on any atom is -0.467 e. The monoisotopic (exact) mass is 496 g/mol. The Kier molecular flexibility index (Phi) is 5.59. The third-order valence-electron chi connectivity index (χ3n) is 7.83. The molecule has 3 aliphatic heterocycles. The number of fused-ring (bicyclic) bond motifs is 4. The van der Waals surface area contributed by atoms with Gasteiger partial charge in [-0.1, -0.05) is 30.3 Å². The number of amides is 3. The van der Waals surface area contributed by atoms with E-state index in [9.17, 15) is 9.59 Å². The number of hydrogen-bond acceptors (Lipinski definition) is 4. The Labute approximate surface area is 217 Å². The van der Waals surface area contributed by atoms with Crippen LogP contribution in [0.4, 0.5) is 16.2 Å². The number of piperazine rings is 1. The molecule has 6 rings (SSSR count). The molecule has 3 amide bonds. The van der Waals surface area contributed by atoms with Crippen molar-refractivity contribution in [1.82, 2.24) is 10.2 Å². The fourth-order valence-corrected chi connectivity index (χ4v) is 5.86. The highest BCUT2D eigenvalue weighted by Crippen LogP contribution is 2.45. The van der Waals surface area contributed by atoms with E-state index in [0.717, 1.165) is 24.4 Å². The van der Waals surface area contributed by atoms with Crippen LogP contribution in [0, 0.1) is 13.8 Å². The van der Waals surface area contributed by atoms with Crippen LogP contribution < -0.4 is 19.9 Å². The van der Waals surface area contributed by atoms with E-state index in [0.29, 0.717) is 30.8 Å². The lowest BCUT2D eigenvalue weighted by molar-refractivity contribution is 0.0379. The second kappa shape index (κ2) is 8.83. The Hall–Kier alpha value is -4.00. The van der Waals surface area contributed by atoms with Crippen LogP contribution in [0.25, 0.3) is 0 Å². The van der Waals surface area contributed by atoms with Gasteiger partial charge in [-0.05, 0) is 68.3 Å². The molecule has 0 aliphatic carbocycles. The predicted molar refractivity (Wildman–Crippen MR) is 144 cm³/mol. The van der Waals surface area contributed by atoms with Crippen LogP contribution in [-0.4, -0.2) is 48.7 Å². The number of carbonyl (C=O) groups is 2. The molecule has 0 saturated carbocycles. The summed E-state index contributed by atoms with van der Waals surface area (Å²) in [6, 6.07) is 21.4. The number of ether oxygens (including phenoxy) is 1. The zero-order valence-corrected chi connectivity index (χ0v) is 21.5. The highest BCUT2D eigenvalue weighted by Gasteiger charge is 2.49. The molecule has 7 nitrogen and oxygen atoms in total. The predicted octanol–water partition coefficient (Wildman–Crippen LogP) is 5.04. The summed E-state index contributed by atoms with van der Waals surface area (Å²) in [5.41, 5.74) is 5.28. The maximum absolute atomic E-state index is 13.3. The molecule has 0 radical (unpaired) electrons. The SMILES string of the molecule is Cc1ccc(C)c(N2CCN(C(=O)c3ccc(N4C(=O)N[C@H]5C[C@@]4(C)Oc4ccccc45)cc3)CC2)c1. The summed E-state index contributed by atoms with van der Waals surface area (Å²) in [5.74, 6) is 0.808. The third-order valence-corrected chi connectivity index (χ3v) is 7.83. The molecule has 3 aromatic rings. The van der Waals surface area contributed by atoms with E-state index >= 15 is 0 Å². The van der Waals surface area contributed by atoms with Gasteiger partial charge < -0.3 is 19.9 Å². The first-order valence-electron chi connectivity index (χ1n) is 12.9. The zero-order valence-electron chi connectivity index (χ0n) is 21.5. The van der Waals surface area contributed by atoms with Crippen LogP contribution in [0.1, 0.15) is 46.4 Å². The van der Waals surface area contributed by atoms with Crippen LogP contribution in [0.3, 0.4) is 0 Å². The van der Waals surface area contributed by atoms with Crippen molar-refractivity contribution in [3.8, 4) is 5.75 Å². The lowest BCUT2D eigenvalue weighted by Gasteiger charge is -2.50. The topological polar surface area (TPSA) is 65.1 Å². The molecule has 3 heterocycles. The third kappa shape index (κ3) is 4.08. The van der Waals surface area contributed by atoms with Gasteiger partial charge >= 0.3 is 6.03 Å². The lowest BCUT2D eigenvalue weighted by Crippen LogP contribution is -2.65. The van der Waals surface area contributed by atoms with Crippen molar-refractivity contribution in [2.45, 2.75) is 39.0 Å². The number of aryl methyl sites for hydroxylation is 2. The molecule has 2 atom stereocenters. The normalized spacial score (nSPS) is 22.7. The van der Waals surface area contributed by atoms with Crippen LogP contribution in [0.5, 0.6) is 5.75 Å². The van der Waals surface area contributed by atoms with Crippen molar-refractivity contribution in [3.05, 3.63) is 89.0 Å². The number of nitrogens with zero attached hydrogens (tertiary/aromatic N) is 3. The van der Waals surface area contributed by atoms with E-state index in [4.69, 9.17) is 4.74 Å². The zero-order chi connectivity index (χ0) is 25.7. The summed E-state index contributed by atoms with van der Waals surface area (Å²) < 4.78 is 6.35. The maximum atomic E-state index is 13.3. The van der Waals surface area contributed by atoms with Crippen LogP contribution in [0.2, 0.25) is 0 Å². The summed E-state index contributed by atoms with van der Waals surface area (Å²) in [5, 5.41) is 3.12. The van der Waals surface area contributed by atoms with Crippen LogP contribution in [0.15, 0.2) is 66.7 Å². The van der Waals surface area contributed by atoms with Crippen LogP contribution in [-0.2, 0) is 0 Å². The van der Waals surface area contributed by atoms with Gasteiger partial charge in [0.2, 0.25) is 0 Å². The Morgan fingerprint density at radius 1 is 0.973 bits per heavy atom. The number of nitrogens with one attached hydrogen (secondary N) is 1. The molecule has 0 unspecified atom stereocenters. The molecule has 2 bridgehead atoms. The van der Waals surface area contributed by atoms with E-state index in [1.165, 1.54) is 16.8 Å². The van der Waals surface area contributed by atoms with Gasteiger partial charge in [0, 0.05) is 55.1 Å². The van der Waals surface area contributed by atoms with E-state index in [1.807, 2.05) is 60.4 Å². The number of urea groups is 1. The van der Waals surface area contributed by atoms with Gasteiger partial charge in [-0.15, -0.1) is 0 Å². The summed E-state index contributed by atoms with van der Waals surface area (Å²) in [6.45, 7) is 9.15. The van der Waals surface area contributed by atoms with Gasteiger partial charge in [0.15, 0.2) is 5.72 Å². The Balaban J connectivity index is 1.16. The maximum Gasteiger partial charge on any atom is 0.325 e. The number of rotatable bonds is 3. The molecular formula is C30H32N4O3. The van der Waals surface area contributed by atoms with Gasteiger partial charge in [-0.3, -0.25) is 9.69 Å². The van der Waals surface area contributed by atoms with Crippen molar-refractivity contribution in [2.24, 2.45) is 0 Å². The number of carbonyl (C=O) groups excluding carboxylic acids is 2. The molecule has 3 aliphatic rings. The molecule has 0 aromatic heterocycles. The number of para-hydroxylation sites is 1. The van der Waals surface area contributed by atoms with Gasteiger partial charge in [0.1, 0.15) is 5.75 Å². The van der Waals surface area contributed by atoms with Crippen molar-refractivity contribution >= 4 is 23.3 Å². The second-order valence-electron chi connectivity index (χ2n) is 10.5. The first-order valence-corrected chi connectivity index (χ1v) is 12.9. The first-order chi connectivity index (χ1) is 17.8. The minimum absolute atomic E-state index is 0.0179. The molecular weight excluding hydrogens is 464 g/mol. The van der Waals surface area contributed by atoms with E-state index in [-0.39, 0.29) is 18.0 Å². The molecule has 0 spiro atoms. The van der Waals surface area contributed by atoms with Crippen molar-refractivity contribution in [1.29, 1.82) is 0 Å². The number of hydrogen-bond donors (Lipinski definition) is 1. The van der Waals surface area contributed by atoms with E-state index in [1.54, 1.807) is 4.90 Å². The molecule has 2 saturated heterocycles. The summed E-state index contributed by atoms with van der Waals surface area (Å²) in [7, 11) is 0. The molecule has 1 N–H and O–H groups in total. The quantitative estimate of drug-likeness (QED) is 0.552. The summed E-state index contributed by atoms with van der Waals surface area (Å²) in [6.07, 6.45) is 0.640. The second-order valence-corrected chi connectivity index (χ2v) is 10.5.